The van der Waals surface area contributed by atoms with Crippen LogP contribution in [0.1, 0.15) is 38.5 Å². The molecule has 0 heterocycles. The van der Waals surface area contributed by atoms with E-state index in [2.05, 4.69) is 17.3 Å². The summed E-state index contributed by atoms with van der Waals surface area (Å²) in [5, 5.41) is 3.48. The number of nitrogens with zero attached hydrogens (tertiary/aromatic N) is 1. The second kappa shape index (κ2) is 5.61. The quantitative estimate of drug-likeness (QED) is 0.774. The van der Waals surface area contributed by atoms with Gasteiger partial charge in [-0.05, 0) is 38.6 Å². The van der Waals surface area contributed by atoms with Crippen molar-refractivity contribution >= 4 is 0 Å². The summed E-state index contributed by atoms with van der Waals surface area (Å²) in [6.45, 7) is 3.04. The number of rotatable bonds is 6. The molecular formula is C13H24F2N2. The van der Waals surface area contributed by atoms with Gasteiger partial charge in [-0.25, -0.2) is 8.78 Å². The first-order valence-corrected chi connectivity index (χ1v) is 6.85. The Balaban J connectivity index is 1.56. The lowest BCUT2D eigenvalue weighted by Gasteiger charge is -2.31. The first-order chi connectivity index (χ1) is 8.05. The fraction of sp³-hybridized carbons (Fsp3) is 1.00. The van der Waals surface area contributed by atoms with Crippen LogP contribution in [0.15, 0.2) is 0 Å². The van der Waals surface area contributed by atoms with Crippen molar-refractivity contribution in [2.45, 2.75) is 50.5 Å². The van der Waals surface area contributed by atoms with E-state index in [-0.39, 0.29) is 12.8 Å². The minimum Gasteiger partial charge on any atom is -0.313 e. The molecule has 2 aliphatic rings. The molecular weight excluding hydrogens is 222 g/mol. The summed E-state index contributed by atoms with van der Waals surface area (Å²) in [5.74, 6) is -1.91. The minimum atomic E-state index is -2.39. The molecule has 0 spiro atoms. The second-order valence-corrected chi connectivity index (χ2v) is 5.79. The van der Waals surface area contributed by atoms with Crippen LogP contribution in [-0.2, 0) is 0 Å². The van der Waals surface area contributed by atoms with Gasteiger partial charge in [-0.15, -0.1) is 0 Å². The molecule has 0 aromatic rings. The normalized spacial score (nSPS) is 25.4. The molecule has 1 N–H and O–H groups in total. The van der Waals surface area contributed by atoms with Crippen LogP contribution in [0.25, 0.3) is 0 Å². The highest BCUT2D eigenvalue weighted by Gasteiger charge is 2.34. The van der Waals surface area contributed by atoms with Crippen LogP contribution in [0.3, 0.4) is 0 Å². The van der Waals surface area contributed by atoms with Gasteiger partial charge in [-0.2, -0.15) is 0 Å². The fourth-order valence-electron chi connectivity index (χ4n) is 2.56. The van der Waals surface area contributed by atoms with Gasteiger partial charge in [0.2, 0.25) is 5.92 Å². The summed E-state index contributed by atoms with van der Waals surface area (Å²) in [6, 6.07) is 0.761. The predicted molar refractivity (Wildman–Crippen MR) is 65.4 cm³/mol. The van der Waals surface area contributed by atoms with Crippen molar-refractivity contribution in [3.63, 3.8) is 0 Å². The topological polar surface area (TPSA) is 15.3 Å². The molecule has 2 aliphatic carbocycles. The Labute approximate surface area is 103 Å². The van der Waals surface area contributed by atoms with E-state index >= 15 is 0 Å². The van der Waals surface area contributed by atoms with E-state index in [1.54, 1.807) is 0 Å². The Morgan fingerprint density at radius 1 is 1.18 bits per heavy atom. The average Bonchev–Trinajstić information content (AvgIpc) is 3.05. The van der Waals surface area contributed by atoms with Gasteiger partial charge in [0.15, 0.2) is 0 Å². The van der Waals surface area contributed by atoms with Crippen molar-refractivity contribution in [1.82, 2.24) is 10.2 Å². The van der Waals surface area contributed by atoms with E-state index in [4.69, 9.17) is 0 Å². The highest BCUT2D eigenvalue weighted by atomic mass is 19.3. The third kappa shape index (κ3) is 4.88. The molecule has 0 aromatic heterocycles. The van der Waals surface area contributed by atoms with Crippen LogP contribution in [0.4, 0.5) is 8.78 Å². The molecule has 2 fully saturated rings. The van der Waals surface area contributed by atoms with E-state index in [0.29, 0.717) is 18.8 Å². The Bertz CT molecular complexity index is 232. The maximum atomic E-state index is 13.0. The van der Waals surface area contributed by atoms with E-state index in [0.717, 1.165) is 25.7 Å². The number of halogens is 2. The van der Waals surface area contributed by atoms with Gasteiger partial charge in [-0.1, -0.05) is 0 Å². The van der Waals surface area contributed by atoms with Gasteiger partial charge in [0.25, 0.3) is 0 Å². The van der Waals surface area contributed by atoms with Crippen LogP contribution in [-0.4, -0.2) is 43.5 Å². The van der Waals surface area contributed by atoms with Crippen LogP contribution >= 0.6 is 0 Å². The van der Waals surface area contributed by atoms with Crippen LogP contribution in [0.5, 0.6) is 0 Å². The average molecular weight is 246 g/mol. The van der Waals surface area contributed by atoms with Crippen molar-refractivity contribution in [1.29, 1.82) is 0 Å². The largest absolute Gasteiger partial charge is 0.313 e. The number of hydrogen-bond acceptors (Lipinski definition) is 2. The molecule has 2 rings (SSSR count). The Morgan fingerprint density at radius 2 is 1.82 bits per heavy atom. The van der Waals surface area contributed by atoms with Crippen molar-refractivity contribution in [2.75, 3.05) is 26.7 Å². The highest BCUT2D eigenvalue weighted by molar-refractivity contribution is 4.82. The summed E-state index contributed by atoms with van der Waals surface area (Å²) in [5.41, 5.74) is 0. The van der Waals surface area contributed by atoms with Gasteiger partial charge in [0, 0.05) is 38.5 Å². The summed E-state index contributed by atoms with van der Waals surface area (Å²) in [4.78, 5) is 2.28. The summed E-state index contributed by atoms with van der Waals surface area (Å²) in [6.07, 6.45) is 4.20. The van der Waals surface area contributed by atoms with Gasteiger partial charge in [0.05, 0.1) is 0 Å². The molecule has 0 atom stereocenters. The maximum absolute atomic E-state index is 13.0. The van der Waals surface area contributed by atoms with Crippen LogP contribution in [0.2, 0.25) is 0 Å². The number of hydrogen-bond donors (Lipinski definition) is 1. The van der Waals surface area contributed by atoms with E-state index in [1.165, 1.54) is 12.8 Å². The molecule has 17 heavy (non-hydrogen) atoms. The zero-order valence-electron chi connectivity index (χ0n) is 10.7. The fourth-order valence-corrected chi connectivity index (χ4v) is 2.56. The monoisotopic (exact) mass is 246 g/mol. The predicted octanol–water partition coefficient (Wildman–Crippen LogP) is 2.50. The molecule has 0 radical (unpaired) electrons. The van der Waals surface area contributed by atoms with Gasteiger partial charge < -0.3 is 10.2 Å². The van der Waals surface area contributed by atoms with Crippen molar-refractivity contribution in [3.8, 4) is 0 Å². The van der Waals surface area contributed by atoms with E-state index < -0.39 is 5.92 Å². The maximum Gasteiger partial charge on any atom is 0.248 e. The third-order valence-corrected chi connectivity index (χ3v) is 3.91. The highest BCUT2D eigenvalue weighted by Crippen LogP contribution is 2.36. The lowest BCUT2D eigenvalue weighted by atomic mass is 9.86. The molecule has 2 nitrogen and oxygen atoms in total. The minimum absolute atomic E-state index is 0.0891. The lowest BCUT2D eigenvalue weighted by molar-refractivity contribution is -0.0482. The Hall–Kier alpha value is -0.220. The molecule has 2 saturated carbocycles. The smallest absolute Gasteiger partial charge is 0.248 e. The standard InChI is InChI=1S/C13H24F2N2/c1-17(9-8-16-12-2-3-12)10-11-4-6-13(14,15)7-5-11/h11-12,16H,2-10H2,1H3. The Morgan fingerprint density at radius 3 is 2.41 bits per heavy atom. The molecule has 0 amide bonds. The second-order valence-electron chi connectivity index (χ2n) is 5.79. The molecule has 4 heteroatoms. The summed E-state index contributed by atoms with van der Waals surface area (Å²) < 4.78 is 26.0. The molecule has 0 aliphatic heterocycles. The van der Waals surface area contributed by atoms with Crippen LogP contribution in [0, 0.1) is 5.92 Å². The third-order valence-electron chi connectivity index (χ3n) is 3.91. The SMILES string of the molecule is CN(CCNC1CC1)CC1CCC(F)(F)CC1. The molecule has 100 valence electrons. The van der Waals surface area contributed by atoms with Crippen molar-refractivity contribution < 1.29 is 8.78 Å². The lowest BCUT2D eigenvalue weighted by Crippen LogP contribution is -2.36. The first kappa shape index (κ1) is 13.2. The van der Waals surface area contributed by atoms with Gasteiger partial charge in [0.1, 0.15) is 0 Å². The van der Waals surface area contributed by atoms with Crippen LogP contribution < -0.4 is 5.32 Å². The molecule has 0 unspecified atom stereocenters. The molecule has 0 bridgehead atoms. The van der Waals surface area contributed by atoms with Gasteiger partial charge in [-0.3, -0.25) is 0 Å². The zero-order valence-corrected chi connectivity index (χ0v) is 10.7. The van der Waals surface area contributed by atoms with Crippen molar-refractivity contribution in [2.24, 2.45) is 5.92 Å². The molecule has 0 aromatic carbocycles. The summed E-state index contributed by atoms with van der Waals surface area (Å²) in [7, 11) is 2.10. The molecule has 0 saturated heterocycles. The van der Waals surface area contributed by atoms with E-state index in [9.17, 15) is 8.78 Å². The summed E-state index contributed by atoms with van der Waals surface area (Å²) >= 11 is 0. The Kier molecular flexibility index (Phi) is 4.36. The van der Waals surface area contributed by atoms with Gasteiger partial charge >= 0.3 is 0 Å². The first-order valence-electron chi connectivity index (χ1n) is 6.85. The van der Waals surface area contributed by atoms with Crippen molar-refractivity contribution in [3.05, 3.63) is 0 Å². The zero-order chi connectivity index (χ0) is 12.3. The number of likely N-dealkylation sites (N-methyl/N-ethyl adjacent to an activating group) is 1. The number of alkyl halides is 2. The van der Waals surface area contributed by atoms with E-state index in [1.807, 2.05) is 0 Å². The number of nitrogens with one attached hydrogen (secondary N) is 1.